The maximum atomic E-state index is 11.8. The fourth-order valence-corrected chi connectivity index (χ4v) is 2.01. The molecule has 0 bridgehead atoms. The molecule has 2 aliphatic heterocycles. The molecule has 2 atom stereocenters. The van der Waals surface area contributed by atoms with Gasteiger partial charge in [0.1, 0.15) is 6.10 Å². The van der Waals surface area contributed by atoms with E-state index in [0.29, 0.717) is 13.2 Å². The van der Waals surface area contributed by atoms with E-state index in [4.69, 9.17) is 9.47 Å². The van der Waals surface area contributed by atoms with E-state index in [9.17, 15) is 5.11 Å². The lowest BCUT2D eigenvalue weighted by atomic mass is 9.90. The Balaban J connectivity index is 1.84. The van der Waals surface area contributed by atoms with Crippen LogP contribution in [-0.4, -0.2) is 32.5 Å². The van der Waals surface area contributed by atoms with E-state index in [1.807, 2.05) is 0 Å². The summed E-state index contributed by atoms with van der Waals surface area (Å²) in [5, 5.41) is 11.8. The number of rotatable bonds is 2. The topological polar surface area (TPSA) is 38.4 Å². The van der Waals surface area contributed by atoms with Crippen LogP contribution in [0.2, 0.25) is 0 Å². The Kier molecular flexibility index (Phi) is 2.63. The van der Waals surface area contributed by atoms with Crippen molar-refractivity contribution < 1.29 is 14.6 Å². The molecule has 2 saturated heterocycles. The van der Waals surface area contributed by atoms with Gasteiger partial charge in [0.15, 0.2) is 0 Å². The van der Waals surface area contributed by atoms with Crippen molar-refractivity contribution in [2.24, 2.45) is 11.8 Å². The molecule has 2 aliphatic rings. The van der Waals surface area contributed by atoms with Crippen molar-refractivity contribution in [3.63, 3.8) is 0 Å². The second-order valence-electron chi connectivity index (χ2n) is 3.71. The molecule has 1 radical (unpaired) electrons. The highest BCUT2D eigenvalue weighted by molar-refractivity contribution is 4.80. The van der Waals surface area contributed by atoms with Crippen LogP contribution in [0.5, 0.6) is 0 Å². The van der Waals surface area contributed by atoms with Crippen LogP contribution in [0.3, 0.4) is 0 Å². The highest BCUT2D eigenvalue weighted by Gasteiger charge is 2.33. The normalized spacial score (nSPS) is 38.8. The molecule has 2 rings (SSSR count). The molecule has 69 valence electrons. The van der Waals surface area contributed by atoms with Crippen molar-refractivity contribution in [3.8, 4) is 0 Å². The van der Waals surface area contributed by atoms with Gasteiger partial charge in [0.05, 0.1) is 13.2 Å². The third kappa shape index (κ3) is 1.63. The van der Waals surface area contributed by atoms with E-state index < -0.39 is 6.10 Å². The Labute approximate surface area is 72.7 Å². The predicted molar refractivity (Wildman–Crippen MR) is 42.3 cm³/mol. The molecule has 2 heterocycles. The van der Waals surface area contributed by atoms with Crippen molar-refractivity contribution in [1.82, 2.24) is 0 Å². The Morgan fingerprint density at radius 3 is 1.83 bits per heavy atom. The molecule has 3 heteroatoms. The van der Waals surface area contributed by atoms with E-state index in [1.54, 1.807) is 0 Å². The molecule has 0 aromatic rings. The average molecular weight is 171 g/mol. The molecule has 0 aliphatic carbocycles. The van der Waals surface area contributed by atoms with Gasteiger partial charge in [0.25, 0.3) is 0 Å². The van der Waals surface area contributed by atoms with Crippen LogP contribution in [0.25, 0.3) is 0 Å². The van der Waals surface area contributed by atoms with Crippen molar-refractivity contribution in [1.29, 1.82) is 0 Å². The summed E-state index contributed by atoms with van der Waals surface area (Å²) >= 11 is 0. The minimum absolute atomic E-state index is 0.247. The van der Waals surface area contributed by atoms with Crippen LogP contribution in [0.1, 0.15) is 12.8 Å². The van der Waals surface area contributed by atoms with E-state index in [-0.39, 0.29) is 11.8 Å². The Hall–Kier alpha value is -0.120. The summed E-state index contributed by atoms with van der Waals surface area (Å²) in [6, 6.07) is 0. The van der Waals surface area contributed by atoms with Crippen LogP contribution in [0.4, 0.5) is 0 Å². The lowest BCUT2D eigenvalue weighted by molar-refractivity contribution is -0.0159. The van der Waals surface area contributed by atoms with Crippen molar-refractivity contribution >= 4 is 0 Å². The van der Waals surface area contributed by atoms with Gasteiger partial charge in [-0.2, -0.15) is 0 Å². The molecule has 0 N–H and O–H groups in total. The minimum atomic E-state index is -0.449. The molecule has 0 amide bonds. The smallest absolute Gasteiger partial charge is 0.103 e. The second kappa shape index (κ2) is 3.73. The first-order chi connectivity index (χ1) is 5.88. The van der Waals surface area contributed by atoms with Crippen LogP contribution in [-0.2, 0) is 14.6 Å². The second-order valence-corrected chi connectivity index (χ2v) is 3.71. The lowest BCUT2D eigenvalue weighted by Gasteiger charge is -2.18. The number of hydrogen-bond acceptors (Lipinski definition) is 2. The summed E-state index contributed by atoms with van der Waals surface area (Å²) in [7, 11) is 0. The fourth-order valence-electron chi connectivity index (χ4n) is 2.01. The van der Waals surface area contributed by atoms with E-state index in [1.165, 1.54) is 0 Å². The third-order valence-electron chi connectivity index (χ3n) is 2.86. The fraction of sp³-hybridized carbons (Fsp3) is 1.00. The van der Waals surface area contributed by atoms with Gasteiger partial charge in [-0.15, -0.1) is 0 Å². The number of hydrogen-bond donors (Lipinski definition) is 0. The van der Waals surface area contributed by atoms with E-state index >= 15 is 0 Å². The van der Waals surface area contributed by atoms with Crippen LogP contribution < -0.4 is 0 Å². The monoisotopic (exact) mass is 171 g/mol. The zero-order chi connectivity index (χ0) is 8.39. The predicted octanol–water partition coefficient (Wildman–Crippen LogP) is 0.858. The third-order valence-corrected chi connectivity index (χ3v) is 2.86. The van der Waals surface area contributed by atoms with Gasteiger partial charge < -0.3 is 9.47 Å². The molecule has 2 unspecified atom stereocenters. The Morgan fingerprint density at radius 2 is 1.50 bits per heavy atom. The van der Waals surface area contributed by atoms with Gasteiger partial charge in [0.2, 0.25) is 0 Å². The molecular weight excluding hydrogens is 156 g/mol. The van der Waals surface area contributed by atoms with Gasteiger partial charge in [-0.1, -0.05) is 0 Å². The summed E-state index contributed by atoms with van der Waals surface area (Å²) in [4.78, 5) is 0. The standard InChI is InChI=1S/C9H15O3/c10-9(7-1-3-11-5-7)8-2-4-12-6-8/h7-9H,1-6H2. The maximum Gasteiger partial charge on any atom is 0.103 e. The van der Waals surface area contributed by atoms with Crippen molar-refractivity contribution in [2.75, 3.05) is 26.4 Å². The molecule has 0 aromatic carbocycles. The summed E-state index contributed by atoms with van der Waals surface area (Å²) in [5.41, 5.74) is 0. The average Bonchev–Trinajstić information content (AvgIpc) is 2.77. The maximum absolute atomic E-state index is 11.8. The first kappa shape index (κ1) is 8.48. The molecule has 2 fully saturated rings. The van der Waals surface area contributed by atoms with Gasteiger partial charge >= 0.3 is 0 Å². The lowest BCUT2D eigenvalue weighted by Crippen LogP contribution is -2.28. The largest absolute Gasteiger partial charge is 0.381 e. The van der Waals surface area contributed by atoms with Crippen LogP contribution in [0, 0.1) is 11.8 Å². The van der Waals surface area contributed by atoms with Gasteiger partial charge in [-0.25, -0.2) is 5.11 Å². The van der Waals surface area contributed by atoms with E-state index in [0.717, 1.165) is 26.1 Å². The summed E-state index contributed by atoms with van der Waals surface area (Å²) in [6.45, 7) is 2.89. The quantitative estimate of drug-likeness (QED) is 0.618. The van der Waals surface area contributed by atoms with Crippen molar-refractivity contribution in [3.05, 3.63) is 0 Å². The van der Waals surface area contributed by atoms with Crippen molar-refractivity contribution in [2.45, 2.75) is 18.9 Å². The van der Waals surface area contributed by atoms with Gasteiger partial charge in [0, 0.05) is 25.0 Å². The SMILES string of the molecule is [O]C(C1CCOC1)C1CCOC1. The van der Waals surface area contributed by atoms with Gasteiger partial charge in [-0.05, 0) is 12.8 Å². The summed E-state index contributed by atoms with van der Waals surface area (Å²) < 4.78 is 10.4. The Bertz CT molecular complexity index is 121. The highest BCUT2D eigenvalue weighted by Crippen LogP contribution is 2.27. The number of ether oxygens (including phenoxy) is 2. The van der Waals surface area contributed by atoms with Crippen LogP contribution >= 0.6 is 0 Å². The highest BCUT2D eigenvalue weighted by atomic mass is 16.5. The first-order valence-corrected chi connectivity index (χ1v) is 4.69. The zero-order valence-electron chi connectivity index (χ0n) is 7.20. The molecule has 3 nitrogen and oxygen atoms in total. The summed E-state index contributed by atoms with van der Waals surface area (Å²) in [5.74, 6) is 0.494. The zero-order valence-corrected chi connectivity index (χ0v) is 7.20. The van der Waals surface area contributed by atoms with E-state index in [2.05, 4.69) is 0 Å². The molecule has 0 saturated carbocycles. The molecule has 0 aromatic heterocycles. The van der Waals surface area contributed by atoms with Gasteiger partial charge in [-0.3, -0.25) is 0 Å². The Morgan fingerprint density at radius 1 is 1.00 bits per heavy atom. The van der Waals surface area contributed by atoms with Crippen LogP contribution in [0.15, 0.2) is 0 Å². The first-order valence-electron chi connectivity index (χ1n) is 4.69. The molecule has 0 spiro atoms. The minimum Gasteiger partial charge on any atom is -0.381 e. The molecular formula is C9H15O3. The summed E-state index contributed by atoms with van der Waals surface area (Å²) in [6.07, 6.45) is 1.45. The molecule has 12 heavy (non-hydrogen) atoms.